The highest BCUT2D eigenvalue weighted by atomic mass is 16.5. The predicted octanol–water partition coefficient (Wildman–Crippen LogP) is 2.74. The predicted molar refractivity (Wildman–Crippen MR) is 150 cm³/mol. The number of aliphatic hydroxyl groups excluding tert-OH is 1. The molecule has 0 radical (unpaired) electrons. The van der Waals surface area contributed by atoms with Crippen LogP contribution in [0.1, 0.15) is 36.5 Å². The van der Waals surface area contributed by atoms with E-state index in [4.69, 9.17) is 19.3 Å². The van der Waals surface area contributed by atoms with Gasteiger partial charge >= 0.3 is 5.97 Å². The number of nitrogens with one attached hydrogen (secondary N) is 2. The average molecular weight is 553 g/mol. The van der Waals surface area contributed by atoms with Crippen molar-refractivity contribution in [1.29, 1.82) is 0 Å². The molecule has 1 aliphatic heterocycles. The highest BCUT2D eigenvalue weighted by Gasteiger charge is 2.33. The summed E-state index contributed by atoms with van der Waals surface area (Å²) in [6.07, 6.45) is 4.24. The van der Waals surface area contributed by atoms with Crippen molar-refractivity contribution >= 4 is 17.8 Å². The average Bonchev–Trinajstić information content (AvgIpc) is 2.96. The molecule has 0 saturated carbocycles. The second-order valence-electron chi connectivity index (χ2n) is 9.76. The van der Waals surface area contributed by atoms with Gasteiger partial charge in [0, 0.05) is 20.1 Å². The standard InChI is InChI=1S/C31H40N2O7/c1-38-22-27-29(24-12-6-3-7-13-24)40-31(37)26(20-23-10-4-2-5-11-23)15-9-8-14-25(30(36)33-27)21-28(35)32-16-18-39-19-17-34/h2-13,25-27,29,34H,14-22H2,1H3,(H,32,35)(H,33,36)/t25-,26+,27+,29+/m1/s1. The van der Waals surface area contributed by atoms with Crippen LogP contribution in [0.5, 0.6) is 0 Å². The Balaban J connectivity index is 1.85. The Morgan fingerprint density at radius 1 is 1.00 bits per heavy atom. The number of benzene rings is 2. The summed E-state index contributed by atoms with van der Waals surface area (Å²) in [5, 5.41) is 14.6. The Kier molecular flexibility index (Phi) is 13.3. The van der Waals surface area contributed by atoms with Gasteiger partial charge in [0.2, 0.25) is 11.8 Å². The summed E-state index contributed by atoms with van der Waals surface area (Å²) in [4.78, 5) is 39.6. The number of methoxy groups -OCH3 is 1. The zero-order valence-corrected chi connectivity index (χ0v) is 23.0. The van der Waals surface area contributed by atoms with Gasteiger partial charge in [-0.25, -0.2) is 0 Å². The Bertz CT molecular complexity index is 1080. The number of allylic oxidation sites excluding steroid dienone is 2. The van der Waals surface area contributed by atoms with Crippen LogP contribution in [0.4, 0.5) is 0 Å². The molecule has 9 nitrogen and oxygen atoms in total. The van der Waals surface area contributed by atoms with E-state index in [2.05, 4.69) is 10.6 Å². The Morgan fingerprint density at radius 3 is 2.35 bits per heavy atom. The summed E-state index contributed by atoms with van der Waals surface area (Å²) in [6.45, 7) is 0.773. The van der Waals surface area contributed by atoms with Crippen molar-refractivity contribution in [3.8, 4) is 0 Å². The van der Waals surface area contributed by atoms with Crippen LogP contribution in [0.25, 0.3) is 0 Å². The third-order valence-corrected chi connectivity index (χ3v) is 6.68. The molecule has 216 valence electrons. The van der Waals surface area contributed by atoms with Crippen molar-refractivity contribution in [2.24, 2.45) is 11.8 Å². The minimum Gasteiger partial charge on any atom is -0.455 e. The summed E-state index contributed by atoms with van der Waals surface area (Å²) in [5.41, 5.74) is 1.77. The molecule has 1 aliphatic rings. The lowest BCUT2D eigenvalue weighted by Crippen LogP contribution is -2.47. The van der Waals surface area contributed by atoms with E-state index in [0.29, 0.717) is 19.3 Å². The molecule has 1 heterocycles. The van der Waals surface area contributed by atoms with E-state index >= 15 is 0 Å². The Morgan fingerprint density at radius 2 is 1.68 bits per heavy atom. The molecule has 3 N–H and O–H groups in total. The van der Waals surface area contributed by atoms with Crippen molar-refractivity contribution < 1.29 is 33.7 Å². The van der Waals surface area contributed by atoms with Crippen LogP contribution < -0.4 is 10.6 Å². The summed E-state index contributed by atoms with van der Waals surface area (Å²) < 4.78 is 16.7. The first-order valence-electron chi connectivity index (χ1n) is 13.7. The molecular formula is C31H40N2O7. The highest BCUT2D eigenvalue weighted by molar-refractivity contribution is 5.86. The molecule has 0 bridgehead atoms. The van der Waals surface area contributed by atoms with Crippen molar-refractivity contribution in [1.82, 2.24) is 10.6 Å². The molecule has 0 unspecified atom stereocenters. The number of esters is 1. The van der Waals surface area contributed by atoms with Crippen LogP contribution in [0.15, 0.2) is 72.8 Å². The third kappa shape index (κ3) is 10.2. The lowest BCUT2D eigenvalue weighted by Gasteiger charge is -2.31. The number of hydrogen-bond acceptors (Lipinski definition) is 7. The second kappa shape index (κ2) is 17.2. The first-order chi connectivity index (χ1) is 19.5. The van der Waals surface area contributed by atoms with Gasteiger partial charge < -0.3 is 30.0 Å². The summed E-state index contributed by atoms with van der Waals surface area (Å²) in [6, 6.07) is 18.4. The van der Waals surface area contributed by atoms with E-state index in [1.165, 1.54) is 7.11 Å². The fraction of sp³-hybridized carbons (Fsp3) is 0.452. The molecule has 0 saturated heterocycles. The van der Waals surface area contributed by atoms with Crippen LogP contribution in [-0.2, 0) is 35.0 Å². The van der Waals surface area contributed by atoms with Gasteiger partial charge in [0.05, 0.1) is 44.3 Å². The second-order valence-corrected chi connectivity index (χ2v) is 9.76. The third-order valence-electron chi connectivity index (χ3n) is 6.68. The van der Waals surface area contributed by atoms with E-state index in [9.17, 15) is 14.4 Å². The quantitative estimate of drug-likeness (QED) is 0.210. The van der Waals surface area contributed by atoms with Gasteiger partial charge in [-0.05, 0) is 30.4 Å². The molecule has 2 aromatic rings. The van der Waals surface area contributed by atoms with Crippen molar-refractivity contribution in [3.05, 3.63) is 83.9 Å². The van der Waals surface area contributed by atoms with Gasteiger partial charge in [0.1, 0.15) is 6.10 Å². The molecule has 0 aromatic heterocycles. The van der Waals surface area contributed by atoms with E-state index in [1.54, 1.807) is 0 Å². The number of rotatable bonds is 12. The molecule has 0 fully saturated rings. The van der Waals surface area contributed by atoms with Crippen molar-refractivity contribution in [2.75, 3.05) is 40.1 Å². The zero-order valence-electron chi connectivity index (χ0n) is 23.0. The smallest absolute Gasteiger partial charge is 0.310 e. The van der Waals surface area contributed by atoms with Gasteiger partial charge in [0.15, 0.2) is 0 Å². The van der Waals surface area contributed by atoms with Crippen LogP contribution in [0, 0.1) is 11.8 Å². The normalized spacial score (nSPS) is 21.9. The van der Waals surface area contributed by atoms with E-state index in [-0.39, 0.29) is 57.2 Å². The number of carbonyl (C=O) groups excluding carboxylic acids is 3. The largest absolute Gasteiger partial charge is 0.455 e. The Labute approximate surface area is 235 Å². The number of ether oxygens (including phenoxy) is 3. The minimum atomic E-state index is -0.780. The monoisotopic (exact) mass is 552 g/mol. The SMILES string of the molecule is COC[C@@H]1NC(=O)[C@@H](CC(=O)NCCOCCO)CC=CC[C@@H](Cc2ccccc2)C(=O)O[C@H]1c1ccccc1. The number of hydrogen-bond donors (Lipinski definition) is 3. The van der Waals surface area contributed by atoms with Crippen LogP contribution in [0.3, 0.4) is 0 Å². The van der Waals surface area contributed by atoms with E-state index in [1.807, 2.05) is 72.8 Å². The molecule has 4 atom stereocenters. The maximum atomic E-state index is 13.5. The molecule has 9 heteroatoms. The fourth-order valence-corrected chi connectivity index (χ4v) is 4.62. The molecule has 0 spiro atoms. The molecule has 40 heavy (non-hydrogen) atoms. The van der Waals surface area contributed by atoms with E-state index < -0.39 is 24.0 Å². The van der Waals surface area contributed by atoms with Gasteiger partial charge in [-0.15, -0.1) is 0 Å². The summed E-state index contributed by atoms with van der Waals surface area (Å²) >= 11 is 0. The van der Waals surface area contributed by atoms with Crippen LogP contribution >= 0.6 is 0 Å². The molecule has 2 aromatic carbocycles. The number of amides is 2. The summed E-state index contributed by atoms with van der Waals surface area (Å²) in [7, 11) is 1.52. The first-order valence-corrected chi connectivity index (χ1v) is 13.7. The lowest BCUT2D eigenvalue weighted by molar-refractivity contribution is -0.158. The molecular weight excluding hydrogens is 512 g/mol. The van der Waals surface area contributed by atoms with Crippen LogP contribution in [0.2, 0.25) is 0 Å². The van der Waals surface area contributed by atoms with Gasteiger partial charge in [-0.1, -0.05) is 72.8 Å². The Hall–Kier alpha value is -3.53. The van der Waals surface area contributed by atoms with Crippen LogP contribution in [-0.4, -0.2) is 69.0 Å². The lowest BCUT2D eigenvalue weighted by atomic mass is 9.93. The number of carbonyl (C=O) groups is 3. The van der Waals surface area contributed by atoms with Gasteiger partial charge in [-0.3, -0.25) is 14.4 Å². The topological polar surface area (TPSA) is 123 Å². The molecule has 2 amide bonds. The van der Waals surface area contributed by atoms with Crippen molar-refractivity contribution in [2.45, 2.75) is 37.8 Å². The van der Waals surface area contributed by atoms with E-state index in [0.717, 1.165) is 11.1 Å². The minimum absolute atomic E-state index is 0.0148. The maximum absolute atomic E-state index is 13.5. The molecule has 0 aliphatic carbocycles. The zero-order chi connectivity index (χ0) is 28.6. The molecule has 3 rings (SSSR count). The summed E-state index contributed by atoms with van der Waals surface area (Å²) in [5.74, 6) is -2.00. The maximum Gasteiger partial charge on any atom is 0.310 e. The first kappa shape index (κ1) is 31.0. The highest BCUT2D eigenvalue weighted by Crippen LogP contribution is 2.27. The fourth-order valence-electron chi connectivity index (χ4n) is 4.62. The number of cyclic esters (lactones) is 1. The van der Waals surface area contributed by atoms with Gasteiger partial charge in [-0.2, -0.15) is 0 Å². The van der Waals surface area contributed by atoms with Gasteiger partial charge in [0.25, 0.3) is 0 Å². The number of aliphatic hydroxyl groups is 1. The van der Waals surface area contributed by atoms with Crippen molar-refractivity contribution in [3.63, 3.8) is 0 Å².